The predicted octanol–water partition coefficient (Wildman–Crippen LogP) is 2.04. The van der Waals surface area contributed by atoms with E-state index in [4.69, 9.17) is 9.47 Å². The number of morpholine rings is 1. The minimum absolute atomic E-state index is 0.0605. The summed E-state index contributed by atoms with van der Waals surface area (Å²) in [4.78, 5) is 4.44. The molecular formula is C18H23N3O2. The van der Waals surface area contributed by atoms with Gasteiger partial charge in [-0.05, 0) is 35.4 Å². The van der Waals surface area contributed by atoms with Gasteiger partial charge in [0.1, 0.15) is 11.9 Å². The zero-order chi connectivity index (χ0) is 15.9. The van der Waals surface area contributed by atoms with Gasteiger partial charge in [0.2, 0.25) is 0 Å². The van der Waals surface area contributed by atoms with Crippen LogP contribution in [0, 0.1) is 0 Å². The van der Waals surface area contributed by atoms with Crippen LogP contribution in [0.2, 0.25) is 0 Å². The molecule has 0 spiro atoms. The minimum atomic E-state index is 0.0605. The predicted molar refractivity (Wildman–Crippen MR) is 89.3 cm³/mol. The first kappa shape index (κ1) is 15.9. The number of aromatic nitrogens is 1. The Morgan fingerprint density at radius 2 is 2.04 bits per heavy atom. The summed E-state index contributed by atoms with van der Waals surface area (Å²) in [6, 6.07) is 12.3. The summed E-state index contributed by atoms with van der Waals surface area (Å²) in [6.45, 7) is 4.12. The number of nitrogens with zero attached hydrogens (tertiary/aromatic N) is 1. The highest BCUT2D eigenvalue weighted by molar-refractivity contribution is 5.27. The van der Waals surface area contributed by atoms with E-state index in [9.17, 15) is 0 Å². The molecule has 3 rings (SSSR count). The molecule has 0 amide bonds. The Bertz CT molecular complexity index is 610. The molecule has 5 heteroatoms. The molecule has 2 heterocycles. The van der Waals surface area contributed by atoms with Crippen molar-refractivity contribution in [1.29, 1.82) is 0 Å². The van der Waals surface area contributed by atoms with Crippen LogP contribution in [-0.4, -0.2) is 31.8 Å². The molecule has 0 radical (unpaired) electrons. The summed E-state index contributed by atoms with van der Waals surface area (Å²) in [5.74, 6) is 0.883. The van der Waals surface area contributed by atoms with E-state index < -0.39 is 0 Å². The number of rotatable bonds is 6. The van der Waals surface area contributed by atoms with Gasteiger partial charge in [-0.3, -0.25) is 4.98 Å². The standard InChI is InChI=1S/C18H23N3O2/c1-22-16-4-2-14(3-5-16)11-20-12-15-6-7-21-17(10-15)18-13-19-8-9-23-18/h2-7,10,18-20H,8-9,11-13H2,1H3. The van der Waals surface area contributed by atoms with Crippen LogP contribution in [0.4, 0.5) is 0 Å². The van der Waals surface area contributed by atoms with Gasteiger partial charge in [-0.15, -0.1) is 0 Å². The highest BCUT2D eigenvalue weighted by Gasteiger charge is 2.16. The van der Waals surface area contributed by atoms with Crippen LogP contribution in [0.3, 0.4) is 0 Å². The van der Waals surface area contributed by atoms with E-state index >= 15 is 0 Å². The minimum Gasteiger partial charge on any atom is -0.497 e. The van der Waals surface area contributed by atoms with Gasteiger partial charge in [0.25, 0.3) is 0 Å². The van der Waals surface area contributed by atoms with Crippen LogP contribution < -0.4 is 15.4 Å². The third-order valence-electron chi connectivity index (χ3n) is 3.92. The van der Waals surface area contributed by atoms with E-state index in [1.54, 1.807) is 7.11 Å². The number of benzene rings is 1. The molecular weight excluding hydrogens is 290 g/mol. The van der Waals surface area contributed by atoms with Gasteiger partial charge in [0.15, 0.2) is 0 Å². The molecule has 1 aliphatic rings. The maximum Gasteiger partial charge on any atom is 0.118 e. The van der Waals surface area contributed by atoms with Gasteiger partial charge in [-0.2, -0.15) is 0 Å². The van der Waals surface area contributed by atoms with Gasteiger partial charge < -0.3 is 20.1 Å². The Morgan fingerprint density at radius 3 is 2.78 bits per heavy atom. The summed E-state index contributed by atoms with van der Waals surface area (Å²) in [5.41, 5.74) is 3.46. The molecule has 0 aliphatic carbocycles. The summed E-state index contributed by atoms with van der Waals surface area (Å²) >= 11 is 0. The van der Waals surface area contributed by atoms with Crippen molar-refractivity contribution in [2.45, 2.75) is 19.2 Å². The van der Waals surface area contributed by atoms with E-state index in [2.05, 4.69) is 33.8 Å². The lowest BCUT2D eigenvalue weighted by Crippen LogP contribution is -2.33. The second-order valence-electron chi connectivity index (χ2n) is 5.60. The van der Waals surface area contributed by atoms with Gasteiger partial charge in [0.05, 0.1) is 19.4 Å². The molecule has 2 aromatic rings. The molecule has 1 aromatic heterocycles. The fourth-order valence-electron chi connectivity index (χ4n) is 2.63. The third-order valence-corrected chi connectivity index (χ3v) is 3.92. The molecule has 122 valence electrons. The Balaban J connectivity index is 1.53. The van der Waals surface area contributed by atoms with Crippen molar-refractivity contribution in [2.75, 3.05) is 26.8 Å². The molecule has 2 N–H and O–H groups in total. The zero-order valence-electron chi connectivity index (χ0n) is 13.4. The molecule has 1 saturated heterocycles. The molecule has 23 heavy (non-hydrogen) atoms. The van der Waals surface area contributed by atoms with Crippen LogP contribution in [0.5, 0.6) is 5.75 Å². The van der Waals surface area contributed by atoms with Crippen LogP contribution in [-0.2, 0) is 17.8 Å². The Hall–Kier alpha value is -1.95. The topological polar surface area (TPSA) is 55.4 Å². The Labute approximate surface area is 137 Å². The van der Waals surface area contributed by atoms with E-state index in [-0.39, 0.29) is 6.10 Å². The first-order valence-electron chi connectivity index (χ1n) is 7.96. The van der Waals surface area contributed by atoms with Crippen molar-refractivity contribution in [1.82, 2.24) is 15.6 Å². The maximum absolute atomic E-state index is 5.76. The van der Waals surface area contributed by atoms with Crippen molar-refractivity contribution >= 4 is 0 Å². The van der Waals surface area contributed by atoms with Crippen molar-refractivity contribution in [2.24, 2.45) is 0 Å². The number of hydrogen-bond donors (Lipinski definition) is 2. The molecule has 1 unspecified atom stereocenters. The monoisotopic (exact) mass is 313 g/mol. The lowest BCUT2D eigenvalue weighted by Gasteiger charge is -2.23. The van der Waals surface area contributed by atoms with Crippen molar-refractivity contribution in [3.63, 3.8) is 0 Å². The fraction of sp³-hybridized carbons (Fsp3) is 0.389. The largest absolute Gasteiger partial charge is 0.497 e. The summed E-state index contributed by atoms with van der Waals surface area (Å²) in [5, 5.41) is 6.80. The third kappa shape index (κ3) is 4.51. The molecule has 0 bridgehead atoms. The zero-order valence-corrected chi connectivity index (χ0v) is 13.4. The van der Waals surface area contributed by atoms with E-state index in [1.165, 1.54) is 11.1 Å². The van der Waals surface area contributed by atoms with E-state index in [0.29, 0.717) is 0 Å². The van der Waals surface area contributed by atoms with Crippen molar-refractivity contribution in [3.05, 3.63) is 59.4 Å². The van der Waals surface area contributed by atoms with Gasteiger partial charge in [-0.25, -0.2) is 0 Å². The van der Waals surface area contributed by atoms with E-state index in [1.807, 2.05) is 24.4 Å². The molecule has 0 saturated carbocycles. The van der Waals surface area contributed by atoms with Crippen molar-refractivity contribution in [3.8, 4) is 5.75 Å². The first-order valence-corrected chi connectivity index (χ1v) is 7.96. The molecule has 1 aromatic carbocycles. The molecule has 1 aliphatic heterocycles. The fourth-order valence-corrected chi connectivity index (χ4v) is 2.63. The smallest absolute Gasteiger partial charge is 0.118 e. The second-order valence-corrected chi connectivity index (χ2v) is 5.60. The highest BCUT2D eigenvalue weighted by atomic mass is 16.5. The van der Waals surface area contributed by atoms with Crippen LogP contribution in [0.25, 0.3) is 0 Å². The molecule has 1 fully saturated rings. The normalized spacial score (nSPS) is 17.9. The van der Waals surface area contributed by atoms with E-state index in [0.717, 1.165) is 44.2 Å². The summed E-state index contributed by atoms with van der Waals surface area (Å²) in [6.07, 6.45) is 1.92. The van der Waals surface area contributed by atoms with Crippen LogP contribution in [0.15, 0.2) is 42.6 Å². The van der Waals surface area contributed by atoms with Crippen LogP contribution in [0.1, 0.15) is 22.9 Å². The van der Waals surface area contributed by atoms with Crippen molar-refractivity contribution < 1.29 is 9.47 Å². The number of methoxy groups -OCH3 is 1. The first-order chi connectivity index (χ1) is 11.3. The molecule has 5 nitrogen and oxygen atoms in total. The maximum atomic E-state index is 5.76. The average molecular weight is 313 g/mol. The average Bonchev–Trinajstić information content (AvgIpc) is 2.63. The second kappa shape index (κ2) is 8.06. The number of hydrogen-bond acceptors (Lipinski definition) is 5. The summed E-state index contributed by atoms with van der Waals surface area (Å²) in [7, 11) is 1.68. The van der Waals surface area contributed by atoms with Gasteiger partial charge in [-0.1, -0.05) is 12.1 Å². The highest BCUT2D eigenvalue weighted by Crippen LogP contribution is 2.17. The SMILES string of the molecule is COc1ccc(CNCc2ccnc(C3CNCCO3)c2)cc1. The quantitative estimate of drug-likeness (QED) is 0.855. The lowest BCUT2D eigenvalue weighted by molar-refractivity contribution is 0.0250. The lowest BCUT2D eigenvalue weighted by atomic mass is 10.1. The number of ether oxygens (including phenoxy) is 2. The number of nitrogens with one attached hydrogen (secondary N) is 2. The Kier molecular flexibility index (Phi) is 5.58. The Morgan fingerprint density at radius 1 is 1.22 bits per heavy atom. The number of pyridine rings is 1. The molecule has 1 atom stereocenters. The van der Waals surface area contributed by atoms with Gasteiger partial charge in [0, 0.05) is 32.4 Å². The van der Waals surface area contributed by atoms with Gasteiger partial charge >= 0.3 is 0 Å². The van der Waals surface area contributed by atoms with Crippen LogP contribution >= 0.6 is 0 Å². The summed E-state index contributed by atoms with van der Waals surface area (Å²) < 4.78 is 10.9.